The zero-order chi connectivity index (χ0) is 20.6. The Hall–Kier alpha value is -2.28. The lowest BCUT2D eigenvalue weighted by molar-refractivity contribution is -0.131. The summed E-state index contributed by atoms with van der Waals surface area (Å²) in [5.74, 6) is 0.359. The molecular weight excluding hydrogens is 413 g/mol. The Bertz CT molecular complexity index is 840. The van der Waals surface area contributed by atoms with Crippen LogP contribution in [0, 0.1) is 0 Å². The van der Waals surface area contributed by atoms with Gasteiger partial charge in [-0.2, -0.15) is 0 Å². The number of amides is 2. The third-order valence-electron chi connectivity index (χ3n) is 4.72. The number of halogens is 2. The van der Waals surface area contributed by atoms with Crippen LogP contribution in [0.25, 0.3) is 0 Å². The summed E-state index contributed by atoms with van der Waals surface area (Å²) in [5, 5.41) is 3.34. The van der Waals surface area contributed by atoms with Gasteiger partial charge in [0.25, 0.3) is 5.91 Å². The molecule has 1 N–H and O–H groups in total. The molecule has 2 aromatic carbocycles. The van der Waals surface area contributed by atoms with Gasteiger partial charge in [0.2, 0.25) is 5.91 Å². The standard InChI is InChI=1S/C21H23Cl2N3O3/c22-16-6-7-18(19(23)14-16)21(28)24-15-20(27)26-10-8-25(9-11-26)12-13-29-17-4-2-1-3-5-17/h1-7,14H,8-13,15H2,(H,24,28). The zero-order valence-corrected chi connectivity index (χ0v) is 17.5. The molecule has 0 radical (unpaired) electrons. The second-order valence-corrected chi connectivity index (χ2v) is 7.53. The molecule has 1 aliphatic heterocycles. The molecule has 0 unspecified atom stereocenters. The monoisotopic (exact) mass is 435 g/mol. The van der Waals surface area contributed by atoms with Crippen LogP contribution in [0.2, 0.25) is 10.0 Å². The third-order valence-corrected chi connectivity index (χ3v) is 5.27. The first-order valence-electron chi connectivity index (χ1n) is 9.44. The van der Waals surface area contributed by atoms with Crippen molar-refractivity contribution < 1.29 is 14.3 Å². The number of hydrogen-bond donors (Lipinski definition) is 1. The molecule has 8 heteroatoms. The third kappa shape index (κ3) is 6.35. The van der Waals surface area contributed by atoms with Crippen LogP contribution in [0.15, 0.2) is 48.5 Å². The number of ether oxygens (including phenoxy) is 1. The van der Waals surface area contributed by atoms with Crippen LogP contribution in [0.1, 0.15) is 10.4 Å². The van der Waals surface area contributed by atoms with Crippen molar-refractivity contribution >= 4 is 35.0 Å². The van der Waals surface area contributed by atoms with Crippen LogP contribution in [-0.4, -0.2) is 67.5 Å². The molecule has 0 aliphatic carbocycles. The number of nitrogens with one attached hydrogen (secondary N) is 1. The summed E-state index contributed by atoms with van der Waals surface area (Å²) in [6, 6.07) is 14.3. The van der Waals surface area contributed by atoms with Gasteiger partial charge >= 0.3 is 0 Å². The van der Waals surface area contributed by atoms with E-state index in [-0.39, 0.29) is 17.5 Å². The van der Waals surface area contributed by atoms with Crippen molar-refractivity contribution in [3.63, 3.8) is 0 Å². The van der Waals surface area contributed by atoms with Crippen LogP contribution in [0.5, 0.6) is 5.75 Å². The van der Waals surface area contributed by atoms with Gasteiger partial charge in [-0.05, 0) is 30.3 Å². The van der Waals surface area contributed by atoms with Gasteiger partial charge in [-0.15, -0.1) is 0 Å². The number of carbonyl (C=O) groups excluding carboxylic acids is 2. The van der Waals surface area contributed by atoms with E-state index in [0.29, 0.717) is 30.3 Å². The van der Waals surface area contributed by atoms with Crippen LogP contribution in [0.3, 0.4) is 0 Å². The fourth-order valence-corrected chi connectivity index (χ4v) is 3.56. The first-order chi connectivity index (χ1) is 14.0. The minimum absolute atomic E-state index is 0.0606. The number of benzene rings is 2. The van der Waals surface area contributed by atoms with Gasteiger partial charge in [0, 0.05) is 37.7 Å². The molecule has 3 rings (SSSR count). The summed E-state index contributed by atoms with van der Waals surface area (Å²) in [6.07, 6.45) is 0. The molecule has 0 aromatic heterocycles. The highest BCUT2D eigenvalue weighted by Crippen LogP contribution is 2.20. The summed E-state index contributed by atoms with van der Waals surface area (Å²) >= 11 is 11.9. The van der Waals surface area contributed by atoms with Crippen molar-refractivity contribution in [2.45, 2.75) is 0 Å². The highest BCUT2D eigenvalue weighted by Gasteiger charge is 2.21. The van der Waals surface area contributed by atoms with Crippen LogP contribution >= 0.6 is 23.2 Å². The molecule has 154 valence electrons. The van der Waals surface area contributed by atoms with Gasteiger partial charge in [0.15, 0.2) is 0 Å². The zero-order valence-electron chi connectivity index (χ0n) is 15.9. The van der Waals surface area contributed by atoms with E-state index >= 15 is 0 Å². The average Bonchev–Trinajstić information content (AvgIpc) is 2.73. The lowest BCUT2D eigenvalue weighted by atomic mass is 10.2. The number of hydrogen-bond acceptors (Lipinski definition) is 4. The first-order valence-corrected chi connectivity index (χ1v) is 10.2. The number of carbonyl (C=O) groups is 2. The molecule has 2 amide bonds. The number of nitrogens with zero attached hydrogens (tertiary/aromatic N) is 2. The smallest absolute Gasteiger partial charge is 0.253 e. The number of rotatable bonds is 7. The van der Waals surface area contributed by atoms with Gasteiger partial charge in [-0.25, -0.2) is 0 Å². The minimum Gasteiger partial charge on any atom is -0.492 e. The Morgan fingerprint density at radius 1 is 1.00 bits per heavy atom. The predicted octanol–water partition coefficient (Wildman–Crippen LogP) is 2.95. The minimum atomic E-state index is -0.392. The van der Waals surface area contributed by atoms with Gasteiger partial charge in [-0.1, -0.05) is 41.4 Å². The lowest BCUT2D eigenvalue weighted by Crippen LogP contribution is -2.51. The van der Waals surface area contributed by atoms with E-state index in [0.717, 1.165) is 25.4 Å². The maximum absolute atomic E-state index is 12.4. The molecule has 29 heavy (non-hydrogen) atoms. The quantitative estimate of drug-likeness (QED) is 0.725. The van der Waals surface area contributed by atoms with Gasteiger partial charge in [0.1, 0.15) is 12.4 Å². The summed E-state index contributed by atoms with van der Waals surface area (Å²) in [6.45, 7) is 4.17. The molecule has 1 aliphatic rings. The molecule has 0 atom stereocenters. The number of para-hydroxylation sites is 1. The van der Waals surface area contributed by atoms with E-state index in [1.807, 2.05) is 30.3 Å². The van der Waals surface area contributed by atoms with Crippen molar-refractivity contribution in [1.29, 1.82) is 0 Å². The van der Waals surface area contributed by atoms with E-state index in [1.165, 1.54) is 6.07 Å². The molecule has 1 fully saturated rings. The Morgan fingerprint density at radius 3 is 2.41 bits per heavy atom. The molecule has 0 saturated carbocycles. The Balaban J connectivity index is 1.36. The lowest BCUT2D eigenvalue weighted by Gasteiger charge is -2.34. The fourth-order valence-electron chi connectivity index (χ4n) is 3.07. The molecule has 2 aromatic rings. The second kappa shape index (κ2) is 10.5. The van der Waals surface area contributed by atoms with Crippen LogP contribution in [-0.2, 0) is 4.79 Å². The summed E-state index contributed by atoms with van der Waals surface area (Å²) in [5.41, 5.74) is 0.298. The molecule has 1 heterocycles. The summed E-state index contributed by atoms with van der Waals surface area (Å²) in [4.78, 5) is 28.6. The summed E-state index contributed by atoms with van der Waals surface area (Å²) in [7, 11) is 0. The first kappa shape index (κ1) is 21.4. The molecule has 0 bridgehead atoms. The van der Waals surface area contributed by atoms with E-state index in [4.69, 9.17) is 27.9 Å². The number of piperazine rings is 1. The highest BCUT2D eigenvalue weighted by atomic mass is 35.5. The van der Waals surface area contributed by atoms with E-state index < -0.39 is 5.91 Å². The average molecular weight is 436 g/mol. The molecule has 0 spiro atoms. The SMILES string of the molecule is O=C(NCC(=O)N1CCN(CCOc2ccccc2)CC1)c1ccc(Cl)cc1Cl. The van der Waals surface area contributed by atoms with E-state index in [1.54, 1.807) is 17.0 Å². The molecule has 6 nitrogen and oxygen atoms in total. The van der Waals surface area contributed by atoms with Gasteiger partial charge in [0.05, 0.1) is 17.1 Å². The summed E-state index contributed by atoms with van der Waals surface area (Å²) < 4.78 is 5.72. The van der Waals surface area contributed by atoms with Crippen molar-refractivity contribution in [3.05, 3.63) is 64.1 Å². The normalized spacial score (nSPS) is 14.5. The molecular formula is C21H23Cl2N3O3. The second-order valence-electron chi connectivity index (χ2n) is 6.69. The van der Waals surface area contributed by atoms with E-state index in [9.17, 15) is 9.59 Å². The maximum Gasteiger partial charge on any atom is 0.253 e. The Labute approximate surface area is 180 Å². The van der Waals surface area contributed by atoms with Crippen molar-refractivity contribution in [1.82, 2.24) is 15.1 Å². The van der Waals surface area contributed by atoms with Crippen molar-refractivity contribution in [2.24, 2.45) is 0 Å². The largest absolute Gasteiger partial charge is 0.492 e. The van der Waals surface area contributed by atoms with E-state index in [2.05, 4.69) is 10.2 Å². The van der Waals surface area contributed by atoms with Gasteiger partial charge < -0.3 is 15.0 Å². The Kier molecular flexibility index (Phi) is 7.75. The molecule has 1 saturated heterocycles. The maximum atomic E-state index is 12.4. The van der Waals surface area contributed by atoms with Crippen molar-refractivity contribution in [2.75, 3.05) is 45.9 Å². The highest BCUT2D eigenvalue weighted by molar-refractivity contribution is 6.36. The topological polar surface area (TPSA) is 61.9 Å². The van der Waals surface area contributed by atoms with Crippen LogP contribution in [0.4, 0.5) is 0 Å². The van der Waals surface area contributed by atoms with Crippen LogP contribution < -0.4 is 10.1 Å². The fraction of sp³-hybridized carbons (Fsp3) is 0.333. The van der Waals surface area contributed by atoms with Gasteiger partial charge in [-0.3, -0.25) is 14.5 Å². The Morgan fingerprint density at radius 2 is 1.72 bits per heavy atom. The van der Waals surface area contributed by atoms with Crippen molar-refractivity contribution in [3.8, 4) is 5.75 Å². The predicted molar refractivity (Wildman–Crippen MR) is 114 cm³/mol.